The second-order valence-electron chi connectivity index (χ2n) is 9.70. The Bertz CT molecular complexity index is 1250. The van der Waals surface area contributed by atoms with E-state index in [-0.39, 0.29) is 18.3 Å². The Morgan fingerprint density at radius 3 is 2.49 bits per heavy atom. The largest absolute Gasteiger partial charge is 0.357 e. The Kier molecular flexibility index (Phi) is 5.99. The van der Waals surface area contributed by atoms with Crippen LogP contribution in [-0.2, 0) is 11.3 Å². The van der Waals surface area contributed by atoms with E-state index in [0.717, 1.165) is 48.8 Å². The van der Waals surface area contributed by atoms with Crippen LogP contribution in [-0.4, -0.2) is 49.3 Å². The van der Waals surface area contributed by atoms with Gasteiger partial charge in [-0.05, 0) is 69.5 Å². The summed E-state index contributed by atoms with van der Waals surface area (Å²) in [5.41, 5.74) is -0.354. The molecular formula is C25H27ClF2N6O. The summed E-state index contributed by atoms with van der Waals surface area (Å²) < 4.78 is 30.0. The van der Waals surface area contributed by atoms with Crippen LogP contribution in [0.3, 0.4) is 0 Å². The highest BCUT2D eigenvalue weighted by Gasteiger charge is 2.40. The number of pyridine rings is 1. The van der Waals surface area contributed by atoms with E-state index in [0.29, 0.717) is 10.8 Å². The number of piperidine rings is 1. The fraction of sp³-hybridized carbons (Fsp3) is 0.440. The van der Waals surface area contributed by atoms with Crippen LogP contribution in [0, 0.1) is 5.82 Å². The summed E-state index contributed by atoms with van der Waals surface area (Å²) in [6.07, 6.45) is 2.86. The van der Waals surface area contributed by atoms with Crippen molar-refractivity contribution in [3.05, 3.63) is 64.6 Å². The zero-order valence-electron chi connectivity index (χ0n) is 19.9. The number of benzene rings is 1. The number of carbonyl (C=O) groups is 1. The molecule has 10 heteroatoms. The molecule has 1 unspecified atom stereocenters. The molecule has 4 heterocycles. The topological polar surface area (TPSA) is 67.2 Å². The highest BCUT2D eigenvalue weighted by Crippen LogP contribution is 2.38. The van der Waals surface area contributed by atoms with Crippen molar-refractivity contribution in [1.82, 2.24) is 24.6 Å². The smallest absolute Gasteiger partial charge is 0.260 e. The molecular weight excluding hydrogens is 474 g/mol. The van der Waals surface area contributed by atoms with Gasteiger partial charge in [0.15, 0.2) is 11.5 Å². The summed E-state index contributed by atoms with van der Waals surface area (Å²) in [6, 6.07) is 8.16. The van der Waals surface area contributed by atoms with Crippen molar-refractivity contribution in [1.29, 1.82) is 0 Å². The van der Waals surface area contributed by atoms with Crippen molar-refractivity contribution in [3.63, 3.8) is 0 Å². The zero-order chi connectivity index (χ0) is 24.9. The van der Waals surface area contributed by atoms with Crippen LogP contribution in [0.1, 0.15) is 62.8 Å². The normalized spacial score (nSPS) is 18.7. The number of nitrogens with zero attached hydrogens (tertiary/aromatic N) is 6. The predicted molar refractivity (Wildman–Crippen MR) is 129 cm³/mol. The van der Waals surface area contributed by atoms with Crippen LogP contribution < -0.4 is 4.90 Å². The highest BCUT2D eigenvalue weighted by molar-refractivity contribution is 6.30. The first-order chi connectivity index (χ1) is 16.6. The average Bonchev–Trinajstić information content (AvgIpc) is 3.22. The van der Waals surface area contributed by atoms with Crippen LogP contribution in [0.5, 0.6) is 0 Å². The maximum absolute atomic E-state index is 14.7. The predicted octanol–water partition coefficient (Wildman–Crippen LogP) is 4.99. The van der Waals surface area contributed by atoms with Gasteiger partial charge in [-0.1, -0.05) is 11.6 Å². The lowest BCUT2D eigenvalue weighted by molar-refractivity contribution is -0.145. The number of fused-ring (bicyclic) bond motifs is 3. The summed E-state index contributed by atoms with van der Waals surface area (Å²) in [6.45, 7) is 6.10. The summed E-state index contributed by atoms with van der Waals surface area (Å²) in [7, 11) is 0. The van der Waals surface area contributed by atoms with Crippen molar-refractivity contribution in [3.8, 4) is 5.69 Å². The first-order valence-electron chi connectivity index (χ1n) is 11.7. The standard InChI is InChI=1S/C25H27ClF2N6O/c1-15-22-30-31-23(16-8-10-32(11-9-16)21-7-5-19(27)13-29-21)34(22)20-6-4-18(26)12-17(20)14-33(15)24(35)25(2,3)28/h4-7,12-13,15-16H,8-11,14H2,1-3H3. The molecule has 2 aromatic heterocycles. The first-order valence-corrected chi connectivity index (χ1v) is 12.1. The lowest BCUT2D eigenvalue weighted by Gasteiger charge is -2.32. The molecule has 1 amide bonds. The minimum Gasteiger partial charge on any atom is -0.357 e. The van der Waals surface area contributed by atoms with Crippen molar-refractivity contribution in [2.75, 3.05) is 18.0 Å². The monoisotopic (exact) mass is 500 g/mol. The van der Waals surface area contributed by atoms with E-state index in [4.69, 9.17) is 11.6 Å². The van der Waals surface area contributed by atoms with Gasteiger partial charge in [0.2, 0.25) is 0 Å². The molecule has 184 valence electrons. The van der Waals surface area contributed by atoms with Crippen molar-refractivity contribution in [2.24, 2.45) is 0 Å². The van der Waals surface area contributed by atoms with E-state index in [1.807, 2.05) is 23.6 Å². The van der Waals surface area contributed by atoms with Gasteiger partial charge in [0, 0.05) is 30.6 Å². The molecule has 0 aliphatic carbocycles. The van der Waals surface area contributed by atoms with Crippen molar-refractivity contribution in [2.45, 2.75) is 57.8 Å². The number of halogens is 3. The second kappa shape index (κ2) is 8.86. The third-order valence-corrected chi connectivity index (χ3v) is 7.08. The second-order valence-corrected chi connectivity index (χ2v) is 10.1. The van der Waals surface area contributed by atoms with Crippen molar-refractivity contribution >= 4 is 23.3 Å². The van der Waals surface area contributed by atoms with Gasteiger partial charge in [0.05, 0.1) is 17.9 Å². The number of anilines is 1. The van der Waals surface area contributed by atoms with Gasteiger partial charge >= 0.3 is 0 Å². The molecule has 5 rings (SSSR count). The molecule has 1 fully saturated rings. The van der Waals surface area contributed by atoms with E-state index >= 15 is 0 Å². The van der Waals surface area contributed by atoms with Gasteiger partial charge in [-0.25, -0.2) is 13.8 Å². The lowest BCUT2D eigenvalue weighted by Crippen LogP contribution is -2.43. The molecule has 7 nitrogen and oxygen atoms in total. The van der Waals surface area contributed by atoms with Gasteiger partial charge in [0.1, 0.15) is 17.5 Å². The van der Waals surface area contributed by atoms with E-state index in [1.165, 1.54) is 31.0 Å². The Balaban J connectivity index is 1.49. The zero-order valence-corrected chi connectivity index (χ0v) is 20.6. The van der Waals surface area contributed by atoms with E-state index in [9.17, 15) is 13.6 Å². The number of alkyl halides is 1. The Labute approximate surface area is 207 Å². The highest BCUT2D eigenvalue weighted by atomic mass is 35.5. The summed E-state index contributed by atoms with van der Waals surface area (Å²) in [4.78, 5) is 20.9. The van der Waals surface area contributed by atoms with Gasteiger partial charge < -0.3 is 9.80 Å². The summed E-state index contributed by atoms with van der Waals surface area (Å²) in [5, 5.41) is 9.60. The van der Waals surface area contributed by atoms with Crippen LogP contribution in [0.4, 0.5) is 14.6 Å². The maximum Gasteiger partial charge on any atom is 0.260 e. The number of amides is 1. The molecule has 0 saturated carbocycles. The molecule has 35 heavy (non-hydrogen) atoms. The lowest BCUT2D eigenvalue weighted by atomic mass is 9.95. The van der Waals surface area contributed by atoms with E-state index in [1.54, 1.807) is 12.1 Å². The number of carbonyl (C=O) groups excluding carboxylic acids is 1. The Hall–Kier alpha value is -3.07. The molecule has 0 N–H and O–H groups in total. The number of hydrogen-bond donors (Lipinski definition) is 0. The summed E-state index contributed by atoms with van der Waals surface area (Å²) in [5.74, 6) is 1.34. The number of rotatable bonds is 3. The molecule has 0 spiro atoms. The van der Waals surface area contributed by atoms with Crippen LogP contribution >= 0.6 is 11.6 Å². The SMILES string of the molecule is CC1c2nnc(C3CCN(c4ccc(F)cn4)CC3)n2-c2ccc(Cl)cc2CN1C(=O)C(C)(C)F. The van der Waals surface area contributed by atoms with Gasteiger partial charge in [0.25, 0.3) is 5.91 Å². The third kappa shape index (κ3) is 4.37. The Morgan fingerprint density at radius 2 is 1.83 bits per heavy atom. The van der Waals surface area contributed by atoms with E-state index in [2.05, 4.69) is 20.1 Å². The minimum absolute atomic E-state index is 0.128. The Morgan fingerprint density at radius 1 is 1.11 bits per heavy atom. The fourth-order valence-electron chi connectivity index (χ4n) is 4.96. The van der Waals surface area contributed by atoms with Gasteiger partial charge in [-0.15, -0.1) is 10.2 Å². The number of hydrogen-bond acceptors (Lipinski definition) is 5. The maximum atomic E-state index is 14.7. The molecule has 2 aliphatic heterocycles. The summed E-state index contributed by atoms with van der Waals surface area (Å²) >= 11 is 6.30. The van der Waals surface area contributed by atoms with Gasteiger partial charge in [-0.3, -0.25) is 9.36 Å². The number of aromatic nitrogens is 4. The molecule has 0 radical (unpaired) electrons. The molecule has 1 aromatic carbocycles. The fourth-order valence-corrected chi connectivity index (χ4v) is 5.16. The molecule has 0 bridgehead atoms. The minimum atomic E-state index is -2.02. The van der Waals surface area contributed by atoms with Crippen LogP contribution in [0.2, 0.25) is 5.02 Å². The third-order valence-electron chi connectivity index (χ3n) is 6.84. The average molecular weight is 501 g/mol. The quantitative estimate of drug-likeness (QED) is 0.507. The molecule has 1 atom stereocenters. The first kappa shape index (κ1) is 23.7. The van der Waals surface area contributed by atoms with E-state index < -0.39 is 17.6 Å². The van der Waals surface area contributed by atoms with Gasteiger partial charge in [-0.2, -0.15) is 0 Å². The van der Waals surface area contributed by atoms with Crippen LogP contribution in [0.15, 0.2) is 36.5 Å². The molecule has 3 aromatic rings. The van der Waals surface area contributed by atoms with Crippen LogP contribution in [0.25, 0.3) is 5.69 Å². The van der Waals surface area contributed by atoms with Crippen molar-refractivity contribution < 1.29 is 13.6 Å². The molecule has 1 saturated heterocycles. The molecule has 2 aliphatic rings.